The molecule has 31 heavy (non-hydrogen) atoms. The van der Waals surface area contributed by atoms with E-state index >= 15 is 0 Å². The van der Waals surface area contributed by atoms with Crippen molar-refractivity contribution in [1.29, 1.82) is 0 Å². The van der Waals surface area contributed by atoms with Gasteiger partial charge in [-0.3, -0.25) is 14.7 Å². The van der Waals surface area contributed by atoms with Crippen LogP contribution in [0, 0.1) is 11.6 Å². The van der Waals surface area contributed by atoms with Crippen LogP contribution in [-0.4, -0.2) is 58.6 Å². The van der Waals surface area contributed by atoms with Crippen LogP contribution in [-0.2, 0) is 9.53 Å². The third kappa shape index (κ3) is 6.21. The van der Waals surface area contributed by atoms with Gasteiger partial charge in [-0.2, -0.15) is 0 Å². The smallest absolute Gasteiger partial charge is 0.410 e. The van der Waals surface area contributed by atoms with Gasteiger partial charge in [-0.1, -0.05) is 0 Å². The highest BCUT2D eigenvalue weighted by atomic mass is 19.1. The van der Waals surface area contributed by atoms with E-state index in [0.717, 1.165) is 17.7 Å². The molecule has 3 rings (SSSR count). The van der Waals surface area contributed by atoms with E-state index < -0.39 is 29.2 Å². The Kier molecular flexibility index (Phi) is 6.84. The molecule has 0 aliphatic carbocycles. The minimum atomic E-state index is -0.839. The Bertz CT molecular complexity index is 934. The van der Waals surface area contributed by atoms with Gasteiger partial charge < -0.3 is 15.0 Å². The molecule has 9 heteroatoms. The molecule has 1 fully saturated rings. The van der Waals surface area contributed by atoms with Crippen molar-refractivity contribution in [3.05, 3.63) is 59.9 Å². The number of rotatable bonds is 4. The standard InChI is InChI=1S/C22H26F2N4O3/c1-22(2,3)31-21(30)28-11-10-27(19(13-28)15-6-8-25-9-7-15)14-20(29)26-18-5-4-16(23)12-17(18)24/h4-9,12,19H,10-11,13-14H2,1-3H3,(H,26,29)/t19-/m1/s1. The minimum absolute atomic E-state index is 0.0219. The molecule has 1 N–H and O–H groups in total. The molecule has 1 aromatic carbocycles. The van der Waals surface area contributed by atoms with Gasteiger partial charge in [0.1, 0.15) is 17.2 Å². The summed E-state index contributed by atoms with van der Waals surface area (Å²) >= 11 is 0. The molecule has 0 unspecified atom stereocenters. The van der Waals surface area contributed by atoms with Gasteiger partial charge in [0.15, 0.2) is 0 Å². The van der Waals surface area contributed by atoms with Crippen molar-refractivity contribution >= 4 is 17.7 Å². The zero-order valence-electron chi connectivity index (χ0n) is 17.8. The summed E-state index contributed by atoms with van der Waals surface area (Å²) in [5, 5.41) is 2.48. The van der Waals surface area contributed by atoms with Gasteiger partial charge in [0, 0.05) is 38.1 Å². The molecule has 2 amide bonds. The van der Waals surface area contributed by atoms with Gasteiger partial charge in [-0.05, 0) is 50.6 Å². The molecule has 2 aromatic rings. The van der Waals surface area contributed by atoms with Crippen molar-refractivity contribution in [2.45, 2.75) is 32.4 Å². The molecular formula is C22H26F2N4O3. The summed E-state index contributed by atoms with van der Waals surface area (Å²) in [4.78, 5) is 32.7. The van der Waals surface area contributed by atoms with Gasteiger partial charge in [-0.25, -0.2) is 13.6 Å². The predicted molar refractivity (Wildman–Crippen MR) is 111 cm³/mol. The van der Waals surface area contributed by atoms with Gasteiger partial charge in [0.25, 0.3) is 0 Å². The molecule has 0 radical (unpaired) electrons. The lowest BCUT2D eigenvalue weighted by molar-refractivity contribution is -0.118. The summed E-state index contributed by atoms with van der Waals surface area (Å²) < 4.78 is 32.5. The zero-order chi connectivity index (χ0) is 22.6. The van der Waals surface area contributed by atoms with E-state index in [1.54, 1.807) is 38.1 Å². The number of ether oxygens (including phenoxy) is 1. The SMILES string of the molecule is CC(C)(C)OC(=O)N1CCN(CC(=O)Nc2ccc(F)cc2F)[C@@H](c2ccncc2)C1. The highest BCUT2D eigenvalue weighted by Crippen LogP contribution is 2.26. The molecule has 2 heterocycles. The van der Waals surface area contributed by atoms with Crippen LogP contribution in [0.4, 0.5) is 19.3 Å². The lowest BCUT2D eigenvalue weighted by Crippen LogP contribution is -2.53. The van der Waals surface area contributed by atoms with Crippen molar-refractivity contribution in [3.63, 3.8) is 0 Å². The highest BCUT2D eigenvalue weighted by Gasteiger charge is 2.33. The van der Waals surface area contributed by atoms with Gasteiger partial charge in [0.2, 0.25) is 5.91 Å². The van der Waals surface area contributed by atoms with Crippen LogP contribution in [0.5, 0.6) is 0 Å². The van der Waals surface area contributed by atoms with Crippen molar-refractivity contribution < 1.29 is 23.1 Å². The van der Waals surface area contributed by atoms with Crippen LogP contribution in [0.2, 0.25) is 0 Å². The van der Waals surface area contributed by atoms with Gasteiger partial charge in [-0.15, -0.1) is 0 Å². The Morgan fingerprint density at radius 1 is 1.16 bits per heavy atom. The number of benzene rings is 1. The number of hydrogen-bond acceptors (Lipinski definition) is 5. The predicted octanol–water partition coefficient (Wildman–Crippen LogP) is 3.59. The molecule has 1 aromatic heterocycles. The average Bonchev–Trinajstić information content (AvgIpc) is 2.70. The fourth-order valence-electron chi connectivity index (χ4n) is 3.37. The number of hydrogen-bond donors (Lipinski definition) is 1. The number of carbonyl (C=O) groups is 2. The topological polar surface area (TPSA) is 74.8 Å². The number of anilines is 1. The number of halogens is 2. The largest absolute Gasteiger partial charge is 0.444 e. The van der Waals surface area contributed by atoms with Crippen molar-refractivity contribution in [2.75, 3.05) is 31.5 Å². The monoisotopic (exact) mass is 432 g/mol. The molecular weight excluding hydrogens is 406 g/mol. The molecule has 1 aliphatic rings. The van der Waals surface area contributed by atoms with Crippen LogP contribution >= 0.6 is 0 Å². The molecule has 0 spiro atoms. The average molecular weight is 432 g/mol. The van der Waals surface area contributed by atoms with E-state index in [9.17, 15) is 18.4 Å². The van der Waals surface area contributed by atoms with E-state index in [4.69, 9.17) is 4.74 Å². The summed E-state index contributed by atoms with van der Waals surface area (Å²) in [7, 11) is 0. The van der Waals surface area contributed by atoms with Gasteiger partial charge >= 0.3 is 6.09 Å². The number of piperazine rings is 1. The Labute approximate surface area is 180 Å². The molecule has 1 aliphatic heterocycles. The third-order valence-corrected chi connectivity index (χ3v) is 4.79. The van der Waals surface area contributed by atoms with Crippen LogP contribution in [0.25, 0.3) is 0 Å². The van der Waals surface area contributed by atoms with E-state index in [0.29, 0.717) is 19.6 Å². The summed E-state index contributed by atoms with van der Waals surface area (Å²) in [6.07, 6.45) is 2.88. The molecule has 0 saturated carbocycles. The fraction of sp³-hybridized carbons (Fsp3) is 0.409. The second-order valence-corrected chi connectivity index (χ2v) is 8.37. The van der Waals surface area contributed by atoms with E-state index in [1.807, 2.05) is 17.0 Å². The first kappa shape index (κ1) is 22.6. The lowest BCUT2D eigenvalue weighted by atomic mass is 10.0. The summed E-state index contributed by atoms with van der Waals surface area (Å²) in [6, 6.07) is 6.37. The second-order valence-electron chi connectivity index (χ2n) is 8.37. The number of amides is 2. The van der Waals surface area contributed by atoms with Crippen LogP contribution in [0.15, 0.2) is 42.7 Å². The van der Waals surface area contributed by atoms with Crippen LogP contribution < -0.4 is 5.32 Å². The number of nitrogens with one attached hydrogen (secondary N) is 1. The first-order chi connectivity index (χ1) is 14.6. The van der Waals surface area contributed by atoms with Gasteiger partial charge in [0.05, 0.1) is 18.3 Å². The highest BCUT2D eigenvalue weighted by molar-refractivity contribution is 5.92. The Morgan fingerprint density at radius 2 is 1.87 bits per heavy atom. The maximum absolute atomic E-state index is 13.9. The Morgan fingerprint density at radius 3 is 2.52 bits per heavy atom. The van der Waals surface area contributed by atoms with Crippen LogP contribution in [0.1, 0.15) is 32.4 Å². The van der Waals surface area contributed by atoms with Crippen molar-refractivity contribution in [2.24, 2.45) is 0 Å². The first-order valence-corrected chi connectivity index (χ1v) is 9.99. The van der Waals surface area contributed by atoms with E-state index in [2.05, 4.69) is 10.3 Å². The molecule has 1 saturated heterocycles. The lowest BCUT2D eigenvalue weighted by Gasteiger charge is -2.41. The second kappa shape index (κ2) is 9.38. The maximum Gasteiger partial charge on any atom is 0.410 e. The zero-order valence-corrected chi connectivity index (χ0v) is 17.8. The minimum Gasteiger partial charge on any atom is -0.444 e. The van der Waals surface area contributed by atoms with E-state index in [-0.39, 0.29) is 18.3 Å². The fourth-order valence-corrected chi connectivity index (χ4v) is 3.37. The van der Waals surface area contributed by atoms with Crippen LogP contribution in [0.3, 0.4) is 0 Å². The number of aromatic nitrogens is 1. The molecule has 0 bridgehead atoms. The summed E-state index contributed by atoms with van der Waals surface area (Å²) in [6.45, 7) is 6.53. The summed E-state index contributed by atoms with van der Waals surface area (Å²) in [5.41, 5.74) is 0.197. The molecule has 1 atom stereocenters. The normalized spacial score (nSPS) is 17.3. The Balaban J connectivity index is 1.72. The number of pyridine rings is 1. The first-order valence-electron chi connectivity index (χ1n) is 9.99. The Hall–Kier alpha value is -3.07. The van der Waals surface area contributed by atoms with Crippen molar-refractivity contribution in [3.8, 4) is 0 Å². The molecule has 7 nitrogen and oxygen atoms in total. The van der Waals surface area contributed by atoms with Crippen molar-refractivity contribution in [1.82, 2.24) is 14.8 Å². The van der Waals surface area contributed by atoms with E-state index in [1.165, 1.54) is 6.07 Å². The molecule has 166 valence electrons. The summed E-state index contributed by atoms with van der Waals surface area (Å²) in [5.74, 6) is -1.99. The third-order valence-electron chi connectivity index (χ3n) is 4.79. The number of carbonyl (C=O) groups excluding carboxylic acids is 2. The number of nitrogens with zero attached hydrogens (tertiary/aromatic N) is 3. The maximum atomic E-state index is 13.9. The quantitative estimate of drug-likeness (QED) is 0.799.